The van der Waals surface area contributed by atoms with E-state index in [4.69, 9.17) is 9.47 Å². The van der Waals surface area contributed by atoms with Gasteiger partial charge in [-0.3, -0.25) is 0 Å². The van der Waals surface area contributed by atoms with Crippen molar-refractivity contribution >= 4 is 0 Å². The van der Waals surface area contributed by atoms with Crippen LogP contribution in [0.25, 0.3) is 0 Å². The van der Waals surface area contributed by atoms with E-state index in [1.807, 2.05) is 12.1 Å². The fourth-order valence-electron chi connectivity index (χ4n) is 3.76. The number of methoxy groups -OCH3 is 2. The topological polar surface area (TPSA) is 83.0 Å². The molecule has 4 N–H and O–H groups in total. The molecule has 152 valence electrons. The van der Waals surface area contributed by atoms with E-state index in [0.717, 1.165) is 35.5 Å². The molecule has 6 heteroatoms. The third kappa shape index (κ3) is 5.09. The van der Waals surface area contributed by atoms with E-state index in [0.29, 0.717) is 25.2 Å². The molecule has 2 aromatic carbocycles. The Morgan fingerprint density at radius 3 is 1.61 bits per heavy atom. The van der Waals surface area contributed by atoms with Gasteiger partial charge in [0.2, 0.25) is 0 Å². The lowest BCUT2D eigenvalue weighted by atomic mass is 9.90. The molecule has 0 radical (unpaired) electrons. The second kappa shape index (κ2) is 9.66. The highest BCUT2D eigenvalue weighted by molar-refractivity contribution is 5.40. The van der Waals surface area contributed by atoms with Crippen molar-refractivity contribution in [2.24, 2.45) is 0 Å². The van der Waals surface area contributed by atoms with Crippen LogP contribution in [0, 0.1) is 0 Å². The van der Waals surface area contributed by atoms with Gasteiger partial charge in [0.05, 0.1) is 14.2 Å². The lowest BCUT2D eigenvalue weighted by Crippen LogP contribution is -2.49. The molecule has 1 fully saturated rings. The summed E-state index contributed by atoms with van der Waals surface area (Å²) in [5, 5.41) is 27.4. The summed E-state index contributed by atoms with van der Waals surface area (Å²) in [6.07, 6.45) is 4.52. The Morgan fingerprint density at radius 2 is 1.21 bits per heavy atom. The number of nitrogens with one attached hydrogen (secondary N) is 2. The van der Waals surface area contributed by atoms with Crippen LogP contribution in [0.3, 0.4) is 0 Å². The largest absolute Gasteiger partial charge is 0.508 e. The van der Waals surface area contributed by atoms with Crippen molar-refractivity contribution in [1.29, 1.82) is 0 Å². The number of hydrogen-bond donors (Lipinski definition) is 4. The predicted molar refractivity (Wildman–Crippen MR) is 109 cm³/mol. The number of aromatic hydroxyl groups is 2. The third-order valence-electron chi connectivity index (χ3n) is 5.45. The first kappa shape index (κ1) is 20.3. The molecule has 2 atom stereocenters. The van der Waals surface area contributed by atoms with Gasteiger partial charge in [-0.05, 0) is 49.2 Å². The van der Waals surface area contributed by atoms with Gasteiger partial charge < -0.3 is 30.3 Å². The minimum absolute atomic E-state index is 0.273. The number of phenolic OH excluding ortho intramolecular Hbond substituents is 2. The summed E-state index contributed by atoms with van der Waals surface area (Å²) in [5.74, 6) is 2.02. The van der Waals surface area contributed by atoms with E-state index >= 15 is 0 Å². The molecular formula is C22H30N2O4. The SMILES string of the molecule is COc1ccc(O)c(CN[C@H]2CCCC[C@@H]2NCc2cc(OC)ccc2O)c1. The van der Waals surface area contributed by atoms with Gasteiger partial charge in [-0.25, -0.2) is 0 Å². The summed E-state index contributed by atoms with van der Waals surface area (Å²) < 4.78 is 10.5. The summed E-state index contributed by atoms with van der Waals surface area (Å²) in [6, 6.07) is 11.2. The average Bonchev–Trinajstić information content (AvgIpc) is 2.73. The molecule has 0 aromatic heterocycles. The van der Waals surface area contributed by atoms with E-state index in [1.165, 1.54) is 12.8 Å². The average molecular weight is 386 g/mol. The highest BCUT2D eigenvalue weighted by Crippen LogP contribution is 2.26. The Balaban J connectivity index is 1.61. The third-order valence-corrected chi connectivity index (χ3v) is 5.45. The van der Waals surface area contributed by atoms with E-state index in [1.54, 1.807) is 38.5 Å². The van der Waals surface area contributed by atoms with Crippen molar-refractivity contribution in [3.8, 4) is 23.0 Å². The standard InChI is InChI=1S/C22H30N2O4/c1-27-17-7-9-21(25)15(11-17)13-23-19-5-3-4-6-20(19)24-14-16-12-18(28-2)8-10-22(16)26/h7-12,19-20,23-26H,3-6,13-14H2,1-2H3/t19-,20-/m0/s1. The van der Waals surface area contributed by atoms with Crippen molar-refractivity contribution in [3.05, 3.63) is 47.5 Å². The molecule has 3 rings (SSSR count). The second-order valence-electron chi connectivity index (χ2n) is 7.25. The smallest absolute Gasteiger partial charge is 0.120 e. The van der Waals surface area contributed by atoms with E-state index in [9.17, 15) is 10.2 Å². The Bertz CT molecular complexity index is 716. The highest BCUT2D eigenvalue weighted by atomic mass is 16.5. The van der Waals surface area contributed by atoms with Gasteiger partial charge in [0.15, 0.2) is 0 Å². The molecule has 1 saturated carbocycles. The summed E-state index contributed by atoms with van der Waals surface area (Å²) in [7, 11) is 3.25. The molecule has 1 aliphatic carbocycles. The van der Waals surface area contributed by atoms with Gasteiger partial charge in [0.25, 0.3) is 0 Å². The van der Waals surface area contributed by atoms with Crippen LogP contribution in [0.15, 0.2) is 36.4 Å². The van der Waals surface area contributed by atoms with Crippen LogP contribution in [0.2, 0.25) is 0 Å². The van der Waals surface area contributed by atoms with Crippen LogP contribution < -0.4 is 20.1 Å². The van der Waals surface area contributed by atoms with Gasteiger partial charge in [0.1, 0.15) is 23.0 Å². The van der Waals surface area contributed by atoms with Crippen molar-refractivity contribution in [1.82, 2.24) is 10.6 Å². The minimum Gasteiger partial charge on any atom is -0.508 e. The number of phenols is 2. The molecule has 0 bridgehead atoms. The lowest BCUT2D eigenvalue weighted by Gasteiger charge is -2.33. The van der Waals surface area contributed by atoms with Crippen molar-refractivity contribution in [2.75, 3.05) is 14.2 Å². The summed E-state index contributed by atoms with van der Waals surface area (Å²) >= 11 is 0. The van der Waals surface area contributed by atoms with Crippen LogP contribution >= 0.6 is 0 Å². The maximum atomic E-state index is 10.1. The maximum Gasteiger partial charge on any atom is 0.120 e. The zero-order valence-corrected chi connectivity index (χ0v) is 16.6. The quantitative estimate of drug-likeness (QED) is 0.557. The minimum atomic E-state index is 0.273. The molecule has 0 heterocycles. The van der Waals surface area contributed by atoms with Crippen LogP contribution in [0.1, 0.15) is 36.8 Å². The van der Waals surface area contributed by atoms with Gasteiger partial charge in [0, 0.05) is 36.3 Å². The molecule has 0 unspecified atom stereocenters. The van der Waals surface area contributed by atoms with Gasteiger partial charge in [-0.2, -0.15) is 0 Å². The van der Waals surface area contributed by atoms with E-state index in [2.05, 4.69) is 10.6 Å². The molecule has 0 saturated heterocycles. The van der Waals surface area contributed by atoms with Crippen molar-refractivity contribution in [3.63, 3.8) is 0 Å². The molecule has 2 aromatic rings. The fourth-order valence-corrected chi connectivity index (χ4v) is 3.76. The number of rotatable bonds is 8. The van der Waals surface area contributed by atoms with Gasteiger partial charge in [-0.1, -0.05) is 12.8 Å². The molecule has 0 spiro atoms. The Labute approximate surface area is 166 Å². The zero-order chi connectivity index (χ0) is 19.9. The van der Waals surface area contributed by atoms with Crippen molar-refractivity contribution in [2.45, 2.75) is 50.9 Å². The Hall–Kier alpha value is -2.44. The summed E-state index contributed by atoms with van der Waals surface area (Å²) in [4.78, 5) is 0. The van der Waals surface area contributed by atoms with Gasteiger partial charge in [-0.15, -0.1) is 0 Å². The fraction of sp³-hybridized carbons (Fsp3) is 0.455. The first-order valence-electron chi connectivity index (χ1n) is 9.79. The maximum absolute atomic E-state index is 10.1. The molecule has 1 aliphatic rings. The monoisotopic (exact) mass is 386 g/mol. The lowest BCUT2D eigenvalue weighted by molar-refractivity contribution is 0.279. The summed E-state index contributed by atoms with van der Waals surface area (Å²) in [5.41, 5.74) is 1.66. The number of hydrogen-bond acceptors (Lipinski definition) is 6. The highest BCUT2D eigenvalue weighted by Gasteiger charge is 2.24. The summed E-state index contributed by atoms with van der Waals surface area (Å²) in [6.45, 7) is 1.16. The number of ether oxygens (including phenoxy) is 2. The Morgan fingerprint density at radius 1 is 0.786 bits per heavy atom. The molecule has 28 heavy (non-hydrogen) atoms. The predicted octanol–water partition coefficient (Wildman–Crippen LogP) is 3.31. The molecule has 6 nitrogen and oxygen atoms in total. The molecule has 0 aliphatic heterocycles. The van der Waals surface area contributed by atoms with Crippen LogP contribution in [0.5, 0.6) is 23.0 Å². The second-order valence-corrected chi connectivity index (χ2v) is 7.25. The van der Waals surface area contributed by atoms with E-state index in [-0.39, 0.29) is 11.5 Å². The Kier molecular flexibility index (Phi) is 7.01. The van der Waals surface area contributed by atoms with E-state index < -0.39 is 0 Å². The van der Waals surface area contributed by atoms with Gasteiger partial charge >= 0.3 is 0 Å². The number of benzene rings is 2. The van der Waals surface area contributed by atoms with Crippen LogP contribution in [0.4, 0.5) is 0 Å². The molecule has 0 amide bonds. The van der Waals surface area contributed by atoms with Crippen molar-refractivity contribution < 1.29 is 19.7 Å². The van der Waals surface area contributed by atoms with Crippen LogP contribution in [-0.4, -0.2) is 36.5 Å². The normalized spacial score (nSPS) is 19.4. The zero-order valence-electron chi connectivity index (χ0n) is 16.6. The van der Waals surface area contributed by atoms with Crippen LogP contribution in [-0.2, 0) is 13.1 Å². The molecular weight excluding hydrogens is 356 g/mol. The first-order valence-corrected chi connectivity index (χ1v) is 9.79. The first-order chi connectivity index (χ1) is 13.6.